The van der Waals surface area contributed by atoms with Gasteiger partial charge in [-0.3, -0.25) is 4.98 Å². The molecule has 0 unspecified atom stereocenters. The zero-order valence-electron chi connectivity index (χ0n) is 16.6. The number of morpholine rings is 1. The Morgan fingerprint density at radius 2 is 1.86 bits per heavy atom. The first-order valence-electron chi connectivity index (χ1n) is 10.3. The van der Waals surface area contributed by atoms with Crippen molar-refractivity contribution in [3.05, 3.63) is 41.9 Å². The van der Waals surface area contributed by atoms with Gasteiger partial charge in [0.15, 0.2) is 0 Å². The maximum atomic E-state index is 6.07. The smallest absolute Gasteiger partial charge is 0.227 e. The molecule has 4 rings (SSSR count). The van der Waals surface area contributed by atoms with Crippen LogP contribution < -0.4 is 9.80 Å². The van der Waals surface area contributed by atoms with E-state index in [1.165, 1.54) is 0 Å². The minimum Gasteiger partial charge on any atom is -0.378 e. The highest BCUT2D eigenvalue weighted by atomic mass is 16.5. The Bertz CT molecular complexity index is 744. The molecule has 0 N–H and O–H groups in total. The Balaban J connectivity index is 1.37. The first kappa shape index (κ1) is 19.1. The molecule has 0 atom stereocenters. The number of piperidine rings is 1. The quantitative estimate of drug-likeness (QED) is 0.759. The third kappa shape index (κ3) is 4.77. The monoisotopic (exact) mass is 383 g/mol. The standard InChI is InChI=1S/C21H29N5O2/c1-2-17-15-20(24-21(23-17)26-11-13-27-14-12-26)25-9-6-19(7-10-25)28-16-18-5-3-4-8-22-18/h3-5,8,15,19H,2,6-7,9-14,16H2,1H3. The molecule has 7 nitrogen and oxygen atoms in total. The molecule has 2 aliphatic rings. The van der Waals surface area contributed by atoms with Gasteiger partial charge in [-0.25, -0.2) is 4.98 Å². The van der Waals surface area contributed by atoms with E-state index in [0.717, 1.165) is 81.8 Å². The lowest BCUT2D eigenvalue weighted by molar-refractivity contribution is 0.0234. The zero-order valence-corrected chi connectivity index (χ0v) is 16.6. The summed E-state index contributed by atoms with van der Waals surface area (Å²) in [6, 6.07) is 8.08. The van der Waals surface area contributed by atoms with E-state index in [0.29, 0.717) is 6.61 Å². The predicted octanol–water partition coefficient (Wildman–Crippen LogP) is 2.46. The maximum absolute atomic E-state index is 6.07. The molecule has 2 fully saturated rings. The first-order chi connectivity index (χ1) is 13.8. The predicted molar refractivity (Wildman–Crippen MR) is 109 cm³/mol. The molecule has 2 aromatic rings. The van der Waals surface area contributed by atoms with Crippen molar-refractivity contribution in [1.29, 1.82) is 0 Å². The molecule has 28 heavy (non-hydrogen) atoms. The Morgan fingerprint density at radius 1 is 1.04 bits per heavy atom. The molecule has 2 aliphatic heterocycles. The summed E-state index contributed by atoms with van der Waals surface area (Å²) in [4.78, 5) is 18.6. The van der Waals surface area contributed by atoms with Crippen LogP contribution in [-0.2, 0) is 22.5 Å². The summed E-state index contributed by atoms with van der Waals surface area (Å²) in [5.74, 6) is 1.88. The number of pyridine rings is 1. The van der Waals surface area contributed by atoms with E-state index in [1.807, 2.05) is 24.4 Å². The molecule has 4 heterocycles. The Labute approximate surface area is 166 Å². The van der Waals surface area contributed by atoms with E-state index >= 15 is 0 Å². The highest BCUT2D eigenvalue weighted by Gasteiger charge is 2.23. The average molecular weight is 383 g/mol. The van der Waals surface area contributed by atoms with E-state index in [4.69, 9.17) is 19.4 Å². The van der Waals surface area contributed by atoms with Crippen LogP contribution in [0.3, 0.4) is 0 Å². The van der Waals surface area contributed by atoms with Crippen LogP contribution in [0.4, 0.5) is 11.8 Å². The van der Waals surface area contributed by atoms with E-state index in [-0.39, 0.29) is 6.10 Å². The molecule has 7 heteroatoms. The van der Waals surface area contributed by atoms with Gasteiger partial charge < -0.3 is 19.3 Å². The first-order valence-corrected chi connectivity index (χ1v) is 10.3. The Morgan fingerprint density at radius 3 is 2.57 bits per heavy atom. The average Bonchev–Trinajstić information content (AvgIpc) is 2.79. The summed E-state index contributed by atoms with van der Waals surface area (Å²) in [5, 5.41) is 0. The molecule has 2 saturated heterocycles. The fourth-order valence-corrected chi connectivity index (χ4v) is 3.66. The molecule has 0 aliphatic carbocycles. The number of ether oxygens (including phenoxy) is 2. The largest absolute Gasteiger partial charge is 0.378 e. The second kappa shape index (κ2) is 9.30. The maximum Gasteiger partial charge on any atom is 0.227 e. The topological polar surface area (TPSA) is 63.6 Å². The third-order valence-electron chi connectivity index (χ3n) is 5.37. The SMILES string of the molecule is CCc1cc(N2CCC(OCc3ccccn3)CC2)nc(N2CCOCC2)n1. The van der Waals surface area contributed by atoms with Gasteiger partial charge in [0.05, 0.1) is 31.6 Å². The van der Waals surface area contributed by atoms with E-state index in [2.05, 4.69) is 27.8 Å². The highest BCUT2D eigenvalue weighted by Crippen LogP contribution is 2.24. The Kier molecular flexibility index (Phi) is 6.34. The van der Waals surface area contributed by atoms with Crippen LogP contribution in [-0.4, -0.2) is 60.4 Å². The summed E-state index contributed by atoms with van der Waals surface area (Å²) in [7, 11) is 0. The van der Waals surface area contributed by atoms with E-state index in [9.17, 15) is 0 Å². The van der Waals surface area contributed by atoms with Gasteiger partial charge in [-0.1, -0.05) is 13.0 Å². The number of nitrogens with zero attached hydrogens (tertiary/aromatic N) is 5. The van der Waals surface area contributed by atoms with Gasteiger partial charge in [0.1, 0.15) is 5.82 Å². The zero-order chi connectivity index (χ0) is 19.2. The molecular weight excluding hydrogens is 354 g/mol. The van der Waals surface area contributed by atoms with Crippen LogP contribution in [0.2, 0.25) is 0 Å². The van der Waals surface area contributed by atoms with Crippen molar-refractivity contribution in [2.75, 3.05) is 49.2 Å². The van der Waals surface area contributed by atoms with Crippen molar-refractivity contribution >= 4 is 11.8 Å². The molecule has 150 valence electrons. The molecule has 0 spiro atoms. The van der Waals surface area contributed by atoms with Crippen LogP contribution >= 0.6 is 0 Å². The minimum atomic E-state index is 0.282. The number of rotatable bonds is 6. The normalized spacial score (nSPS) is 18.5. The van der Waals surface area contributed by atoms with Gasteiger partial charge in [-0.2, -0.15) is 4.98 Å². The minimum absolute atomic E-state index is 0.282. The molecule has 0 amide bonds. The van der Waals surface area contributed by atoms with Crippen molar-refractivity contribution < 1.29 is 9.47 Å². The summed E-state index contributed by atoms with van der Waals surface area (Å²) in [6.07, 6.45) is 5.02. The van der Waals surface area contributed by atoms with Crippen molar-refractivity contribution in [3.63, 3.8) is 0 Å². The van der Waals surface area contributed by atoms with Crippen LogP contribution in [0.15, 0.2) is 30.5 Å². The number of hydrogen-bond acceptors (Lipinski definition) is 7. The lowest BCUT2D eigenvalue weighted by atomic mass is 10.1. The lowest BCUT2D eigenvalue weighted by Crippen LogP contribution is -2.39. The molecule has 0 bridgehead atoms. The molecule has 2 aromatic heterocycles. The van der Waals surface area contributed by atoms with Crippen molar-refractivity contribution in [3.8, 4) is 0 Å². The lowest BCUT2D eigenvalue weighted by Gasteiger charge is -2.34. The molecule has 0 radical (unpaired) electrons. The number of aromatic nitrogens is 3. The highest BCUT2D eigenvalue weighted by molar-refractivity contribution is 5.46. The van der Waals surface area contributed by atoms with Crippen LogP contribution in [0.1, 0.15) is 31.2 Å². The second-order valence-corrected chi connectivity index (χ2v) is 7.29. The van der Waals surface area contributed by atoms with Crippen LogP contribution in [0, 0.1) is 0 Å². The fourth-order valence-electron chi connectivity index (χ4n) is 3.66. The van der Waals surface area contributed by atoms with Gasteiger partial charge in [0.2, 0.25) is 5.95 Å². The van der Waals surface area contributed by atoms with Gasteiger partial charge in [-0.05, 0) is 31.4 Å². The number of hydrogen-bond donors (Lipinski definition) is 0. The van der Waals surface area contributed by atoms with Gasteiger partial charge in [0, 0.05) is 44.1 Å². The second-order valence-electron chi connectivity index (χ2n) is 7.29. The summed E-state index contributed by atoms with van der Waals surface area (Å²) in [6.45, 7) is 7.84. The van der Waals surface area contributed by atoms with Crippen molar-refractivity contribution in [2.45, 2.75) is 38.9 Å². The summed E-state index contributed by atoms with van der Waals surface area (Å²) >= 11 is 0. The molecule has 0 saturated carbocycles. The molecular formula is C21H29N5O2. The fraction of sp³-hybridized carbons (Fsp3) is 0.571. The molecule has 0 aromatic carbocycles. The Hall–Kier alpha value is -2.25. The van der Waals surface area contributed by atoms with Gasteiger partial charge in [0.25, 0.3) is 0 Å². The van der Waals surface area contributed by atoms with E-state index < -0.39 is 0 Å². The third-order valence-corrected chi connectivity index (χ3v) is 5.37. The number of anilines is 2. The van der Waals surface area contributed by atoms with E-state index in [1.54, 1.807) is 0 Å². The number of aryl methyl sites for hydroxylation is 1. The summed E-state index contributed by atoms with van der Waals surface area (Å²) < 4.78 is 11.5. The van der Waals surface area contributed by atoms with Gasteiger partial charge in [-0.15, -0.1) is 0 Å². The van der Waals surface area contributed by atoms with Crippen molar-refractivity contribution in [2.24, 2.45) is 0 Å². The van der Waals surface area contributed by atoms with Crippen LogP contribution in [0.5, 0.6) is 0 Å². The van der Waals surface area contributed by atoms with Gasteiger partial charge >= 0.3 is 0 Å². The summed E-state index contributed by atoms with van der Waals surface area (Å²) in [5.41, 5.74) is 2.09. The van der Waals surface area contributed by atoms with Crippen LogP contribution in [0.25, 0.3) is 0 Å². The van der Waals surface area contributed by atoms with Crippen molar-refractivity contribution in [1.82, 2.24) is 15.0 Å².